The Hall–Kier alpha value is -2.56. The standard InChI is InChI=1S/C16H19N3O2/c1-11-8-14(10-20)12(2)19(11)17-16(21)13-6-5-7-15(9-13)18(3)4/h5-10H,1-4H3,(H,17,21). The van der Waals surface area contributed by atoms with Crippen molar-refractivity contribution in [1.82, 2.24) is 4.68 Å². The second-order valence-corrected chi connectivity index (χ2v) is 5.17. The molecule has 110 valence electrons. The lowest BCUT2D eigenvalue weighted by Crippen LogP contribution is -2.25. The lowest BCUT2D eigenvalue weighted by molar-refractivity contribution is 0.101. The highest BCUT2D eigenvalue weighted by Crippen LogP contribution is 2.15. The van der Waals surface area contributed by atoms with E-state index < -0.39 is 0 Å². The number of anilines is 1. The molecular weight excluding hydrogens is 266 g/mol. The van der Waals surface area contributed by atoms with Crippen molar-refractivity contribution in [3.8, 4) is 0 Å². The number of aldehydes is 1. The Labute approximate surface area is 124 Å². The molecule has 1 aromatic carbocycles. The lowest BCUT2D eigenvalue weighted by atomic mass is 10.2. The van der Waals surface area contributed by atoms with Gasteiger partial charge in [-0.05, 0) is 38.1 Å². The summed E-state index contributed by atoms with van der Waals surface area (Å²) in [6, 6.07) is 9.12. The molecule has 0 aliphatic carbocycles. The van der Waals surface area contributed by atoms with E-state index in [1.165, 1.54) is 0 Å². The van der Waals surface area contributed by atoms with Gasteiger partial charge in [-0.25, -0.2) is 0 Å². The van der Waals surface area contributed by atoms with Crippen LogP contribution in [0, 0.1) is 13.8 Å². The molecule has 2 aromatic rings. The third-order valence-corrected chi connectivity index (χ3v) is 3.44. The first kappa shape index (κ1) is 14.8. The minimum Gasteiger partial charge on any atom is -0.378 e. The van der Waals surface area contributed by atoms with Crippen LogP contribution in [0.15, 0.2) is 30.3 Å². The van der Waals surface area contributed by atoms with E-state index >= 15 is 0 Å². The van der Waals surface area contributed by atoms with Gasteiger partial charge in [0.05, 0.1) is 0 Å². The molecule has 0 saturated heterocycles. The zero-order chi connectivity index (χ0) is 15.6. The number of nitrogens with zero attached hydrogens (tertiary/aromatic N) is 2. The quantitative estimate of drug-likeness (QED) is 0.877. The fourth-order valence-electron chi connectivity index (χ4n) is 2.17. The van der Waals surface area contributed by atoms with Crippen LogP contribution in [-0.2, 0) is 0 Å². The number of aromatic nitrogens is 1. The van der Waals surface area contributed by atoms with Crippen LogP contribution in [0.4, 0.5) is 5.69 Å². The number of aryl methyl sites for hydroxylation is 1. The Morgan fingerprint density at radius 2 is 1.95 bits per heavy atom. The number of rotatable bonds is 4. The fraction of sp³-hybridized carbons (Fsp3) is 0.250. The van der Waals surface area contributed by atoms with Crippen molar-refractivity contribution >= 4 is 17.9 Å². The van der Waals surface area contributed by atoms with Gasteiger partial charge in [0, 0.05) is 42.3 Å². The molecule has 0 radical (unpaired) electrons. The Bertz CT molecular complexity index is 687. The predicted octanol–water partition coefficient (Wildman–Crippen LogP) is 2.37. The summed E-state index contributed by atoms with van der Waals surface area (Å²) in [5.41, 5.74) is 6.45. The summed E-state index contributed by atoms with van der Waals surface area (Å²) < 4.78 is 1.63. The third-order valence-electron chi connectivity index (χ3n) is 3.44. The minimum atomic E-state index is -0.210. The lowest BCUT2D eigenvalue weighted by Gasteiger charge is -2.15. The van der Waals surface area contributed by atoms with Gasteiger partial charge in [0.2, 0.25) is 0 Å². The van der Waals surface area contributed by atoms with Crippen LogP contribution in [-0.4, -0.2) is 31.0 Å². The first-order chi connectivity index (χ1) is 9.93. The molecule has 5 nitrogen and oxygen atoms in total. The Morgan fingerprint density at radius 1 is 1.24 bits per heavy atom. The largest absolute Gasteiger partial charge is 0.378 e. The Balaban J connectivity index is 2.28. The van der Waals surface area contributed by atoms with Gasteiger partial charge in [-0.3, -0.25) is 19.7 Å². The van der Waals surface area contributed by atoms with Crippen LogP contribution < -0.4 is 10.3 Å². The van der Waals surface area contributed by atoms with Crippen LogP contribution in [0.5, 0.6) is 0 Å². The van der Waals surface area contributed by atoms with Crippen molar-refractivity contribution < 1.29 is 9.59 Å². The van der Waals surface area contributed by atoms with E-state index in [-0.39, 0.29) is 5.91 Å². The number of hydrogen-bond acceptors (Lipinski definition) is 3. The van der Waals surface area contributed by atoms with E-state index in [1.807, 2.05) is 44.1 Å². The Morgan fingerprint density at radius 3 is 2.52 bits per heavy atom. The summed E-state index contributed by atoms with van der Waals surface area (Å²) in [6.45, 7) is 3.64. The molecule has 5 heteroatoms. The van der Waals surface area contributed by atoms with Gasteiger partial charge < -0.3 is 4.90 Å². The molecule has 1 N–H and O–H groups in total. The molecule has 21 heavy (non-hydrogen) atoms. The van der Waals surface area contributed by atoms with E-state index in [0.29, 0.717) is 11.1 Å². The molecule has 0 spiro atoms. The minimum absolute atomic E-state index is 0.210. The highest BCUT2D eigenvalue weighted by atomic mass is 16.2. The highest BCUT2D eigenvalue weighted by molar-refractivity contribution is 6.00. The van der Waals surface area contributed by atoms with E-state index in [2.05, 4.69) is 5.43 Å². The molecule has 1 aromatic heterocycles. The zero-order valence-electron chi connectivity index (χ0n) is 12.7. The molecule has 1 amide bonds. The van der Waals surface area contributed by atoms with Gasteiger partial charge in [-0.15, -0.1) is 0 Å². The van der Waals surface area contributed by atoms with E-state index in [4.69, 9.17) is 0 Å². The summed E-state index contributed by atoms with van der Waals surface area (Å²) in [5, 5.41) is 0. The van der Waals surface area contributed by atoms with Crippen molar-refractivity contribution in [2.24, 2.45) is 0 Å². The normalized spacial score (nSPS) is 10.3. The summed E-state index contributed by atoms with van der Waals surface area (Å²) in [5.74, 6) is -0.210. The molecule has 1 heterocycles. The van der Waals surface area contributed by atoms with Crippen LogP contribution >= 0.6 is 0 Å². The summed E-state index contributed by atoms with van der Waals surface area (Å²) in [4.78, 5) is 25.2. The van der Waals surface area contributed by atoms with Gasteiger partial charge in [0.15, 0.2) is 6.29 Å². The van der Waals surface area contributed by atoms with Crippen LogP contribution in [0.3, 0.4) is 0 Å². The molecule has 0 fully saturated rings. The first-order valence-corrected chi connectivity index (χ1v) is 6.67. The van der Waals surface area contributed by atoms with Gasteiger partial charge in [0.25, 0.3) is 5.91 Å². The van der Waals surface area contributed by atoms with Crippen molar-refractivity contribution in [3.05, 3.63) is 52.8 Å². The van der Waals surface area contributed by atoms with Crippen LogP contribution in [0.2, 0.25) is 0 Å². The molecule has 2 rings (SSSR count). The first-order valence-electron chi connectivity index (χ1n) is 6.67. The van der Waals surface area contributed by atoms with Crippen molar-refractivity contribution in [2.45, 2.75) is 13.8 Å². The number of carbonyl (C=O) groups is 2. The fourth-order valence-corrected chi connectivity index (χ4v) is 2.17. The van der Waals surface area contributed by atoms with E-state index in [0.717, 1.165) is 23.4 Å². The summed E-state index contributed by atoms with van der Waals surface area (Å²) >= 11 is 0. The second kappa shape index (κ2) is 5.83. The molecule has 0 unspecified atom stereocenters. The number of benzene rings is 1. The SMILES string of the molecule is Cc1cc(C=O)c(C)n1NC(=O)c1cccc(N(C)C)c1. The maximum atomic E-state index is 12.4. The third kappa shape index (κ3) is 2.97. The highest BCUT2D eigenvalue weighted by Gasteiger charge is 2.12. The number of hydrogen-bond donors (Lipinski definition) is 1. The van der Waals surface area contributed by atoms with Crippen molar-refractivity contribution in [1.29, 1.82) is 0 Å². The molecular formula is C16H19N3O2. The molecule has 0 bridgehead atoms. The number of carbonyl (C=O) groups excluding carboxylic acids is 2. The van der Waals surface area contributed by atoms with Crippen molar-refractivity contribution in [3.63, 3.8) is 0 Å². The number of nitrogens with one attached hydrogen (secondary N) is 1. The predicted molar refractivity (Wildman–Crippen MR) is 83.8 cm³/mol. The van der Waals surface area contributed by atoms with Gasteiger partial charge in [-0.2, -0.15) is 0 Å². The molecule has 0 saturated carbocycles. The van der Waals surface area contributed by atoms with Crippen LogP contribution in [0.25, 0.3) is 0 Å². The topological polar surface area (TPSA) is 54.3 Å². The zero-order valence-corrected chi connectivity index (χ0v) is 12.7. The average Bonchev–Trinajstić information content (AvgIpc) is 2.74. The molecule has 0 aliphatic rings. The van der Waals surface area contributed by atoms with Gasteiger partial charge in [0.1, 0.15) is 0 Å². The van der Waals surface area contributed by atoms with E-state index in [1.54, 1.807) is 23.7 Å². The monoisotopic (exact) mass is 285 g/mol. The van der Waals surface area contributed by atoms with Crippen LogP contribution in [0.1, 0.15) is 32.1 Å². The van der Waals surface area contributed by atoms with Gasteiger partial charge >= 0.3 is 0 Å². The maximum absolute atomic E-state index is 12.4. The second-order valence-electron chi connectivity index (χ2n) is 5.17. The Kier molecular flexibility index (Phi) is 4.12. The summed E-state index contributed by atoms with van der Waals surface area (Å²) in [7, 11) is 3.85. The maximum Gasteiger partial charge on any atom is 0.270 e. The van der Waals surface area contributed by atoms with Gasteiger partial charge in [-0.1, -0.05) is 6.07 Å². The van der Waals surface area contributed by atoms with Crippen molar-refractivity contribution in [2.75, 3.05) is 24.4 Å². The van der Waals surface area contributed by atoms with E-state index in [9.17, 15) is 9.59 Å². The molecule has 0 atom stereocenters. The number of amides is 1. The molecule has 0 aliphatic heterocycles. The summed E-state index contributed by atoms with van der Waals surface area (Å²) in [6.07, 6.45) is 0.789. The average molecular weight is 285 g/mol. The smallest absolute Gasteiger partial charge is 0.270 e.